The first-order chi connectivity index (χ1) is 9.82. The number of rotatable bonds is 3. The van der Waals surface area contributed by atoms with Gasteiger partial charge in [0.1, 0.15) is 15.6 Å². The van der Waals surface area contributed by atoms with Gasteiger partial charge in [0.15, 0.2) is 29.0 Å². The van der Waals surface area contributed by atoms with Gasteiger partial charge in [-0.05, 0) is 11.5 Å². The SMILES string of the molecule is Fc1cc(F)c(F)c(NC(=S)c2snnc2C(F)F)c1F. The predicted molar refractivity (Wildman–Crippen MR) is 66.5 cm³/mol. The monoisotopic (exact) mass is 343 g/mol. The van der Waals surface area contributed by atoms with Gasteiger partial charge in [0.25, 0.3) is 6.43 Å². The smallest absolute Gasteiger partial charge is 0.283 e. The maximum atomic E-state index is 13.4. The lowest BCUT2D eigenvalue weighted by Crippen LogP contribution is -2.15. The van der Waals surface area contributed by atoms with E-state index in [9.17, 15) is 26.3 Å². The second kappa shape index (κ2) is 5.93. The van der Waals surface area contributed by atoms with Crippen LogP contribution in [0.1, 0.15) is 17.0 Å². The molecule has 1 heterocycles. The molecule has 0 spiro atoms. The number of anilines is 1. The van der Waals surface area contributed by atoms with Crippen LogP contribution in [-0.2, 0) is 0 Å². The Morgan fingerprint density at radius 2 is 1.71 bits per heavy atom. The fourth-order valence-corrected chi connectivity index (χ4v) is 2.24. The molecule has 112 valence electrons. The fraction of sp³-hybridized carbons (Fsp3) is 0.100. The van der Waals surface area contributed by atoms with Gasteiger partial charge in [-0.15, -0.1) is 5.10 Å². The first kappa shape index (κ1) is 15.6. The predicted octanol–water partition coefficient (Wildman–Crippen LogP) is 3.82. The third-order valence-corrected chi connectivity index (χ3v) is 3.47. The number of hydrogen-bond donors (Lipinski definition) is 1. The average molecular weight is 343 g/mol. The number of halogens is 6. The molecule has 3 nitrogen and oxygen atoms in total. The van der Waals surface area contributed by atoms with Crippen LogP contribution >= 0.6 is 23.8 Å². The van der Waals surface area contributed by atoms with E-state index in [0.717, 1.165) is 0 Å². The number of hydrogen-bond acceptors (Lipinski definition) is 4. The van der Waals surface area contributed by atoms with E-state index in [2.05, 4.69) is 21.8 Å². The largest absolute Gasteiger partial charge is 0.340 e. The molecule has 0 aliphatic rings. The Hall–Kier alpha value is -1.75. The summed E-state index contributed by atoms with van der Waals surface area (Å²) in [6.45, 7) is 0. The molecule has 0 aliphatic heterocycles. The minimum Gasteiger partial charge on any atom is -0.340 e. The molecule has 1 N–H and O–H groups in total. The lowest BCUT2D eigenvalue weighted by Gasteiger charge is -2.10. The molecule has 0 atom stereocenters. The Morgan fingerprint density at radius 3 is 2.24 bits per heavy atom. The zero-order valence-corrected chi connectivity index (χ0v) is 11.3. The Kier molecular flexibility index (Phi) is 4.42. The number of aromatic nitrogens is 2. The Morgan fingerprint density at radius 1 is 1.14 bits per heavy atom. The summed E-state index contributed by atoms with van der Waals surface area (Å²) in [6.07, 6.45) is -3.02. The molecule has 2 aromatic rings. The van der Waals surface area contributed by atoms with Gasteiger partial charge in [-0.1, -0.05) is 16.7 Å². The molecule has 0 unspecified atom stereocenters. The highest BCUT2D eigenvalue weighted by atomic mass is 32.1. The number of benzene rings is 1. The minimum absolute atomic E-state index is 0.0116. The van der Waals surface area contributed by atoms with Gasteiger partial charge < -0.3 is 5.32 Å². The van der Waals surface area contributed by atoms with E-state index in [1.807, 2.05) is 5.32 Å². The fourth-order valence-electron chi connectivity index (χ4n) is 1.35. The number of nitrogens with zero attached hydrogens (tertiary/aromatic N) is 2. The van der Waals surface area contributed by atoms with Gasteiger partial charge in [-0.2, -0.15) is 0 Å². The lowest BCUT2D eigenvalue weighted by molar-refractivity contribution is 0.146. The van der Waals surface area contributed by atoms with Crippen LogP contribution in [0.2, 0.25) is 0 Å². The van der Waals surface area contributed by atoms with Gasteiger partial charge in [0.05, 0.1) is 0 Å². The second-order valence-electron chi connectivity index (χ2n) is 3.59. The van der Waals surface area contributed by atoms with E-state index in [1.165, 1.54) is 0 Å². The maximum Gasteiger partial charge on any atom is 0.283 e. The van der Waals surface area contributed by atoms with Crippen LogP contribution in [0.25, 0.3) is 0 Å². The van der Waals surface area contributed by atoms with Crippen molar-refractivity contribution < 1.29 is 26.3 Å². The molecule has 11 heteroatoms. The molecular formula is C10H3F6N3S2. The first-order valence-electron chi connectivity index (χ1n) is 5.07. The van der Waals surface area contributed by atoms with Gasteiger partial charge in [-0.3, -0.25) is 0 Å². The van der Waals surface area contributed by atoms with Crippen molar-refractivity contribution in [2.75, 3.05) is 5.32 Å². The summed E-state index contributed by atoms with van der Waals surface area (Å²) in [6, 6.07) is 0.0116. The summed E-state index contributed by atoms with van der Waals surface area (Å²) < 4.78 is 81.3. The second-order valence-corrected chi connectivity index (χ2v) is 4.75. The molecule has 1 aromatic heterocycles. The van der Waals surface area contributed by atoms with Crippen molar-refractivity contribution in [3.63, 3.8) is 0 Å². The van der Waals surface area contributed by atoms with Crippen molar-refractivity contribution >= 4 is 34.4 Å². The highest BCUT2D eigenvalue weighted by Gasteiger charge is 2.24. The van der Waals surface area contributed by atoms with Crippen LogP contribution in [0.3, 0.4) is 0 Å². The standard InChI is InChI=1S/C10H3F6N3S2/c11-2-1-3(12)5(14)6(4(2)13)17-10(20)8-7(9(15)16)18-19-21-8/h1,9H,(H,17,20). The zero-order valence-electron chi connectivity index (χ0n) is 9.63. The van der Waals surface area contributed by atoms with Crippen molar-refractivity contribution in [3.05, 3.63) is 39.9 Å². The highest BCUT2D eigenvalue weighted by Crippen LogP contribution is 2.28. The average Bonchev–Trinajstić information content (AvgIpc) is 2.91. The van der Waals surface area contributed by atoms with Crippen LogP contribution in [0.4, 0.5) is 32.0 Å². The van der Waals surface area contributed by atoms with Crippen LogP contribution in [0.5, 0.6) is 0 Å². The Bertz CT molecular complexity index is 676. The topological polar surface area (TPSA) is 37.8 Å². The summed E-state index contributed by atoms with van der Waals surface area (Å²) in [5, 5.41) is 4.97. The van der Waals surface area contributed by atoms with E-state index in [1.54, 1.807) is 0 Å². The summed E-state index contributed by atoms with van der Waals surface area (Å²) >= 11 is 5.12. The van der Waals surface area contributed by atoms with Crippen LogP contribution in [0.15, 0.2) is 6.07 Å². The van der Waals surface area contributed by atoms with Crippen LogP contribution < -0.4 is 5.32 Å². The molecule has 0 saturated heterocycles. The highest BCUT2D eigenvalue weighted by molar-refractivity contribution is 7.81. The molecule has 0 amide bonds. The molecule has 0 aliphatic carbocycles. The zero-order chi connectivity index (χ0) is 15.7. The van der Waals surface area contributed by atoms with Gasteiger partial charge >= 0.3 is 0 Å². The normalized spacial score (nSPS) is 11.0. The number of alkyl halides is 2. The number of thiocarbonyl (C=S) groups is 1. The van der Waals surface area contributed by atoms with E-state index in [4.69, 9.17) is 0 Å². The summed E-state index contributed by atoms with van der Waals surface area (Å²) in [5.41, 5.74) is -2.01. The van der Waals surface area contributed by atoms with Gasteiger partial charge in [0, 0.05) is 6.07 Å². The molecular weight excluding hydrogens is 340 g/mol. The lowest BCUT2D eigenvalue weighted by atomic mass is 10.2. The molecule has 0 bridgehead atoms. The van der Waals surface area contributed by atoms with Crippen LogP contribution in [0, 0.1) is 23.3 Å². The molecule has 0 fully saturated rings. The van der Waals surface area contributed by atoms with E-state index in [0.29, 0.717) is 11.5 Å². The first-order valence-corrected chi connectivity index (χ1v) is 6.25. The molecule has 2 rings (SSSR count). The van der Waals surface area contributed by atoms with Gasteiger partial charge in [-0.25, -0.2) is 26.3 Å². The van der Waals surface area contributed by atoms with Crippen molar-refractivity contribution in [2.24, 2.45) is 0 Å². The van der Waals surface area contributed by atoms with Crippen molar-refractivity contribution in [2.45, 2.75) is 6.43 Å². The molecule has 21 heavy (non-hydrogen) atoms. The van der Waals surface area contributed by atoms with Gasteiger partial charge in [0.2, 0.25) is 0 Å². The molecule has 1 aromatic carbocycles. The van der Waals surface area contributed by atoms with E-state index >= 15 is 0 Å². The summed E-state index contributed by atoms with van der Waals surface area (Å²) in [5.74, 6) is -6.77. The third-order valence-electron chi connectivity index (χ3n) is 2.28. The van der Waals surface area contributed by atoms with Crippen molar-refractivity contribution in [1.29, 1.82) is 0 Å². The van der Waals surface area contributed by atoms with E-state index < -0.39 is 46.1 Å². The Balaban J connectivity index is 2.39. The quantitative estimate of drug-likeness (QED) is 0.522. The van der Waals surface area contributed by atoms with Crippen LogP contribution in [-0.4, -0.2) is 14.6 Å². The summed E-state index contributed by atoms with van der Waals surface area (Å²) in [4.78, 5) is -0.938. The third kappa shape index (κ3) is 2.97. The van der Waals surface area contributed by atoms with Crippen molar-refractivity contribution in [1.82, 2.24) is 9.59 Å². The minimum atomic E-state index is -3.02. The molecule has 0 radical (unpaired) electrons. The maximum absolute atomic E-state index is 13.4. The Labute approximate surface area is 122 Å². The summed E-state index contributed by atoms with van der Waals surface area (Å²) in [7, 11) is 0. The molecule has 0 saturated carbocycles. The van der Waals surface area contributed by atoms with E-state index in [-0.39, 0.29) is 10.9 Å². The number of nitrogens with one attached hydrogen (secondary N) is 1. The van der Waals surface area contributed by atoms with Crippen molar-refractivity contribution in [3.8, 4) is 0 Å².